The van der Waals surface area contributed by atoms with Crippen LogP contribution in [0.3, 0.4) is 0 Å². The standard InChI is InChI=1S/C19H23N5O4S/c1-21-13-15(12-20-21)23-11-10-22(14-18(23)25)19(26)17-8-5-9-24(17)29(27,28)16-6-3-2-4-7-16/h2-4,6-7,12-13,17H,5,8-11,14H2,1H3/t17-/m0/s1. The molecule has 2 fully saturated rings. The van der Waals surface area contributed by atoms with Gasteiger partial charge in [0.1, 0.15) is 12.6 Å². The highest BCUT2D eigenvalue weighted by Gasteiger charge is 2.42. The predicted molar refractivity (Wildman–Crippen MR) is 105 cm³/mol. The van der Waals surface area contributed by atoms with Gasteiger partial charge >= 0.3 is 0 Å². The lowest BCUT2D eigenvalue weighted by molar-refractivity contribution is -0.139. The van der Waals surface area contributed by atoms with Gasteiger partial charge in [-0.2, -0.15) is 9.40 Å². The highest BCUT2D eigenvalue weighted by atomic mass is 32.2. The smallest absolute Gasteiger partial charge is 0.246 e. The van der Waals surface area contributed by atoms with E-state index in [1.54, 1.807) is 47.2 Å². The van der Waals surface area contributed by atoms with E-state index >= 15 is 0 Å². The fourth-order valence-corrected chi connectivity index (χ4v) is 5.57. The van der Waals surface area contributed by atoms with Gasteiger partial charge in [0.15, 0.2) is 0 Å². The summed E-state index contributed by atoms with van der Waals surface area (Å²) in [6, 6.07) is 7.38. The van der Waals surface area contributed by atoms with Gasteiger partial charge in [-0.15, -0.1) is 0 Å². The van der Waals surface area contributed by atoms with E-state index in [0.29, 0.717) is 38.2 Å². The summed E-state index contributed by atoms with van der Waals surface area (Å²) in [5, 5.41) is 4.08. The highest BCUT2D eigenvalue weighted by molar-refractivity contribution is 7.89. The third kappa shape index (κ3) is 3.65. The molecule has 0 N–H and O–H groups in total. The van der Waals surface area contributed by atoms with Crippen LogP contribution in [0.15, 0.2) is 47.6 Å². The minimum absolute atomic E-state index is 0.0660. The number of anilines is 1. The Hall–Kier alpha value is -2.72. The number of benzene rings is 1. The van der Waals surface area contributed by atoms with Gasteiger partial charge in [0.25, 0.3) is 0 Å². The molecule has 2 amide bonds. The molecule has 9 nitrogen and oxygen atoms in total. The molecule has 2 aromatic rings. The van der Waals surface area contributed by atoms with Gasteiger partial charge in [-0.3, -0.25) is 14.3 Å². The van der Waals surface area contributed by atoms with Crippen molar-refractivity contribution in [3.05, 3.63) is 42.7 Å². The molecule has 2 aliphatic heterocycles. The molecule has 0 unspecified atom stereocenters. The summed E-state index contributed by atoms with van der Waals surface area (Å²) in [5.74, 6) is -0.505. The van der Waals surface area contributed by atoms with Crippen LogP contribution in [0.5, 0.6) is 0 Å². The number of hydrogen-bond donors (Lipinski definition) is 0. The quantitative estimate of drug-likeness (QED) is 0.720. The van der Waals surface area contributed by atoms with Crippen LogP contribution in [-0.4, -0.2) is 71.4 Å². The summed E-state index contributed by atoms with van der Waals surface area (Å²) in [7, 11) is -1.98. The van der Waals surface area contributed by atoms with E-state index in [0.717, 1.165) is 0 Å². The molecule has 4 rings (SSSR count). The van der Waals surface area contributed by atoms with Gasteiger partial charge in [-0.25, -0.2) is 8.42 Å². The number of carbonyl (C=O) groups excluding carboxylic acids is 2. The molecule has 1 aromatic heterocycles. The van der Waals surface area contributed by atoms with Gasteiger partial charge in [-0.1, -0.05) is 18.2 Å². The summed E-state index contributed by atoms with van der Waals surface area (Å²) in [6.07, 6.45) is 4.44. The molecule has 154 valence electrons. The molecule has 29 heavy (non-hydrogen) atoms. The molecule has 0 radical (unpaired) electrons. The summed E-state index contributed by atoms with van der Waals surface area (Å²) in [4.78, 5) is 29.0. The third-order valence-corrected chi connectivity index (χ3v) is 7.30. The summed E-state index contributed by atoms with van der Waals surface area (Å²) in [6.45, 7) is 0.949. The van der Waals surface area contributed by atoms with Gasteiger partial charge in [0.2, 0.25) is 21.8 Å². The first-order valence-electron chi connectivity index (χ1n) is 9.52. The third-order valence-electron chi connectivity index (χ3n) is 5.37. The van der Waals surface area contributed by atoms with E-state index in [1.807, 2.05) is 0 Å². The van der Waals surface area contributed by atoms with Crippen molar-refractivity contribution in [2.24, 2.45) is 7.05 Å². The lowest BCUT2D eigenvalue weighted by Crippen LogP contribution is -2.56. The average Bonchev–Trinajstić information content (AvgIpc) is 3.37. The molecule has 0 bridgehead atoms. The van der Waals surface area contributed by atoms with Crippen LogP contribution >= 0.6 is 0 Å². The van der Waals surface area contributed by atoms with E-state index < -0.39 is 16.1 Å². The predicted octanol–water partition coefficient (Wildman–Crippen LogP) is 0.449. The zero-order valence-electron chi connectivity index (χ0n) is 16.1. The zero-order chi connectivity index (χ0) is 20.6. The second-order valence-electron chi connectivity index (χ2n) is 7.26. The number of aryl methyl sites for hydroxylation is 1. The van der Waals surface area contributed by atoms with Gasteiger partial charge in [0.05, 0.1) is 16.8 Å². The van der Waals surface area contributed by atoms with Gasteiger partial charge < -0.3 is 9.80 Å². The largest absolute Gasteiger partial charge is 0.330 e. The molecule has 2 saturated heterocycles. The Morgan fingerprint density at radius 3 is 2.55 bits per heavy atom. The lowest BCUT2D eigenvalue weighted by atomic mass is 10.2. The van der Waals surface area contributed by atoms with E-state index in [2.05, 4.69) is 5.10 Å². The number of rotatable bonds is 4. The van der Waals surface area contributed by atoms with Crippen LogP contribution < -0.4 is 4.90 Å². The molecular weight excluding hydrogens is 394 g/mol. The summed E-state index contributed by atoms with van der Waals surface area (Å²) in [5.41, 5.74) is 0.693. The first-order valence-corrected chi connectivity index (χ1v) is 11.0. The molecule has 1 aromatic carbocycles. The minimum atomic E-state index is -3.76. The molecule has 3 heterocycles. The molecule has 0 spiro atoms. The Bertz CT molecular complexity index is 1020. The molecule has 0 saturated carbocycles. The number of amides is 2. The van der Waals surface area contributed by atoms with Crippen molar-refractivity contribution in [1.82, 2.24) is 19.0 Å². The number of sulfonamides is 1. The van der Waals surface area contributed by atoms with Crippen molar-refractivity contribution in [3.63, 3.8) is 0 Å². The molecule has 0 aliphatic carbocycles. The topological polar surface area (TPSA) is 95.8 Å². The first-order chi connectivity index (χ1) is 13.9. The molecular formula is C19H23N5O4S. The lowest BCUT2D eigenvalue weighted by Gasteiger charge is -2.36. The number of aromatic nitrogens is 2. The van der Waals surface area contributed by atoms with Crippen molar-refractivity contribution in [2.75, 3.05) is 31.1 Å². The fraction of sp³-hybridized carbons (Fsp3) is 0.421. The molecule has 10 heteroatoms. The summed E-state index contributed by atoms with van der Waals surface area (Å²) < 4.78 is 28.9. The minimum Gasteiger partial charge on any atom is -0.330 e. The summed E-state index contributed by atoms with van der Waals surface area (Å²) >= 11 is 0. The fourth-order valence-electron chi connectivity index (χ4n) is 3.90. The van der Waals surface area contributed by atoms with E-state index in [9.17, 15) is 18.0 Å². The Kier molecular flexibility index (Phi) is 5.13. The second kappa shape index (κ2) is 7.60. The van der Waals surface area contributed by atoms with Crippen LogP contribution in [0.2, 0.25) is 0 Å². The normalized spacial score (nSPS) is 21.0. The molecule has 2 aliphatic rings. The van der Waals surface area contributed by atoms with E-state index in [-0.39, 0.29) is 23.3 Å². The van der Waals surface area contributed by atoms with Crippen molar-refractivity contribution in [2.45, 2.75) is 23.8 Å². The van der Waals surface area contributed by atoms with Crippen molar-refractivity contribution in [1.29, 1.82) is 0 Å². The SMILES string of the molecule is Cn1cc(N2CCN(C(=O)[C@@H]3CCCN3S(=O)(=O)c3ccccc3)CC2=O)cn1. The number of piperazine rings is 1. The van der Waals surface area contributed by atoms with E-state index in [1.165, 1.54) is 21.3 Å². The Morgan fingerprint density at radius 1 is 1.14 bits per heavy atom. The highest BCUT2D eigenvalue weighted by Crippen LogP contribution is 2.28. The van der Waals surface area contributed by atoms with Crippen LogP contribution in [0.1, 0.15) is 12.8 Å². The zero-order valence-corrected chi connectivity index (χ0v) is 17.0. The first kappa shape index (κ1) is 19.6. The van der Waals surface area contributed by atoms with Crippen LogP contribution in [0.25, 0.3) is 0 Å². The van der Waals surface area contributed by atoms with Crippen LogP contribution in [-0.2, 0) is 26.7 Å². The van der Waals surface area contributed by atoms with Crippen molar-refractivity contribution in [3.8, 4) is 0 Å². The maximum absolute atomic E-state index is 13.1. The maximum atomic E-state index is 13.1. The van der Waals surface area contributed by atoms with Crippen molar-refractivity contribution < 1.29 is 18.0 Å². The monoisotopic (exact) mass is 417 g/mol. The van der Waals surface area contributed by atoms with Gasteiger partial charge in [0, 0.05) is 32.9 Å². The van der Waals surface area contributed by atoms with E-state index in [4.69, 9.17) is 0 Å². The van der Waals surface area contributed by atoms with Crippen LogP contribution in [0.4, 0.5) is 5.69 Å². The number of hydrogen-bond acceptors (Lipinski definition) is 5. The Labute approximate surface area is 169 Å². The second-order valence-corrected chi connectivity index (χ2v) is 9.15. The number of carbonyl (C=O) groups is 2. The Morgan fingerprint density at radius 2 is 1.90 bits per heavy atom. The molecule has 1 atom stereocenters. The Balaban J connectivity index is 1.49. The average molecular weight is 417 g/mol. The van der Waals surface area contributed by atoms with Crippen LogP contribution in [0, 0.1) is 0 Å². The van der Waals surface area contributed by atoms with Crippen molar-refractivity contribution >= 4 is 27.5 Å². The number of nitrogens with zero attached hydrogens (tertiary/aromatic N) is 5. The van der Waals surface area contributed by atoms with Gasteiger partial charge in [-0.05, 0) is 25.0 Å². The maximum Gasteiger partial charge on any atom is 0.246 e.